The monoisotopic (exact) mass is 321 g/mol. The predicted molar refractivity (Wildman–Crippen MR) is 83.2 cm³/mol. The zero-order chi connectivity index (χ0) is 15.3. The van der Waals surface area contributed by atoms with Gasteiger partial charge in [0.2, 0.25) is 10.0 Å². The minimum atomic E-state index is -3.49. The standard InChI is InChI=1S/C15H19N3O3S/c19-15-16-12-7-6-11(9-13(12)17-15)22(20,21)18-8-2-5-14(18)10-3-1-4-10/h6-7,9-10,14H,1-5,8H2,(H2,16,17,19). The number of aromatic amines is 2. The van der Waals surface area contributed by atoms with Crippen LogP contribution in [0.2, 0.25) is 0 Å². The maximum absolute atomic E-state index is 13.0. The van der Waals surface area contributed by atoms with Crippen molar-refractivity contribution < 1.29 is 8.42 Å². The quantitative estimate of drug-likeness (QED) is 0.904. The van der Waals surface area contributed by atoms with E-state index in [2.05, 4.69) is 9.97 Å². The van der Waals surface area contributed by atoms with Gasteiger partial charge >= 0.3 is 5.69 Å². The van der Waals surface area contributed by atoms with Crippen LogP contribution in [-0.2, 0) is 10.0 Å². The van der Waals surface area contributed by atoms with E-state index in [0.717, 1.165) is 25.7 Å². The molecule has 0 radical (unpaired) electrons. The Morgan fingerprint density at radius 1 is 1.05 bits per heavy atom. The number of hydrogen-bond acceptors (Lipinski definition) is 3. The van der Waals surface area contributed by atoms with E-state index in [0.29, 0.717) is 23.5 Å². The normalized spacial score (nSPS) is 23.9. The van der Waals surface area contributed by atoms with Gasteiger partial charge in [-0.25, -0.2) is 13.2 Å². The van der Waals surface area contributed by atoms with E-state index in [1.807, 2.05) is 0 Å². The maximum Gasteiger partial charge on any atom is 0.323 e. The molecular formula is C15H19N3O3S. The van der Waals surface area contributed by atoms with Crippen LogP contribution in [-0.4, -0.2) is 35.3 Å². The van der Waals surface area contributed by atoms with Crippen molar-refractivity contribution in [2.45, 2.75) is 43.0 Å². The highest BCUT2D eigenvalue weighted by molar-refractivity contribution is 7.89. The molecule has 6 nitrogen and oxygen atoms in total. The zero-order valence-electron chi connectivity index (χ0n) is 12.2. The molecule has 1 aromatic heterocycles. The summed E-state index contributed by atoms with van der Waals surface area (Å²) in [5, 5.41) is 0. The lowest BCUT2D eigenvalue weighted by Crippen LogP contribution is -2.42. The molecule has 7 heteroatoms. The molecule has 2 fully saturated rings. The van der Waals surface area contributed by atoms with Crippen molar-refractivity contribution >= 4 is 21.1 Å². The van der Waals surface area contributed by atoms with E-state index < -0.39 is 10.0 Å². The Balaban J connectivity index is 1.72. The maximum atomic E-state index is 13.0. The van der Waals surface area contributed by atoms with Crippen LogP contribution in [0.3, 0.4) is 0 Å². The Morgan fingerprint density at radius 2 is 1.82 bits per heavy atom. The highest BCUT2D eigenvalue weighted by Crippen LogP contribution is 2.39. The molecule has 1 saturated carbocycles. The van der Waals surface area contributed by atoms with E-state index >= 15 is 0 Å². The van der Waals surface area contributed by atoms with Gasteiger partial charge in [0.1, 0.15) is 0 Å². The SMILES string of the molecule is O=c1[nH]c2ccc(S(=O)(=O)N3CCCC3C3CCC3)cc2[nH]1. The molecular weight excluding hydrogens is 302 g/mol. The molecule has 2 aromatic rings. The van der Waals surface area contributed by atoms with Crippen LogP contribution >= 0.6 is 0 Å². The molecule has 1 aromatic carbocycles. The number of nitrogens with zero attached hydrogens (tertiary/aromatic N) is 1. The summed E-state index contributed by atoms with van der Waals surface area (Å²) >= 11 is 0. The number of imidazole rings is 1. The van der Waals surface area contributed by atoms with Gasteiger partial charge in [0.15, 0.2) is 0 Å². The van der Waals surface area contributed by atoms with Gasteiger partial charge in [0.25, 0.3) is 0 Å². The lowest BCUT2D eigenvalue weighted by Gasteiger charge is -2.36. The van der Waals surface area contributed by atoms with Crippen LogP contribution in [0, 0.1) is 5.92 Å². The van der Waals surface area contributed by atoms with E-state index in [1.165, 1.54) is 6.42 Å². The lowest BCUT2D eigenvalue weighted by atomic mass is 9.79. The lowest BCUT2D eigenvalue weighted by molar-refractivity contribution is 0.191. The number of rotatable bonds is 3. The van der Waals surface area contributed by atoms with E-state index in [4.69, 9.17) is 0 Å². The molecule has 1 saturated heterocycles. The van der Waals surface area contributed by atoms with Gasteiger partial charge in [-0.1, -0.05) is 6.42 Å². The van der Waals surface area contributed by atoms with Gasteiger partial charge in [-0.3, -0.25) is 0 Å². The molecule has 2 heterocycles. The second-order valence-corrected chi connectivity index (χ2v) is 8.19. The summed E-state index contributed by atoms with van der Waals surface area (Å²) in [6.45, 7) is 0.602. The summed E-state index contributed by atoms with van der Waals surface area (Å²) < 4.78 is 27.6. The van der Waals surface area contributed by atoms with Gasteiger partial charge in [-0.2, -0.15) is 4.31 Å². The first-order valence-corrected chi connectivity index (χ1v) is 9.23. The van der Waals surface area contributed by atoms with Gasteiger partial charge < -0.3 is 9.97 Å². The number of nitrogens with one attached hydrogen (secondary N) is 2. The number of sulfonamides is 1. The molecule has 22 heavy (non-hydrogen) atoms. The Hall–Kier alpha value is -1.60. The first kappa shape index (κ1) is 14.0. The van der Waals surface area contributed by atoms with Gasteiger partial charge in [0.05, 0.1) is 15.9 Å². The van der Waals surface area contributed by atoms with Crippen LogP contribution in [0.5, 0.6) is 0 Å². The first-order valence-electron chi connectivity index (χ1n) is 7.79. The van der Waals surface area contributed by atoms with Crippen LogP contribution in [0.4, 0.5) is 0 Å². The van der Waals surface area contributed by atoms with Gasteiger partial charge in [-0.05, 0) is 49.8 Å². The molecule has 1 unspecified atom stereocenters. The average molecular weight is 321 g/mol. The van der Waals surface area contributed by atoms with Crippen molar-refractivity contribution in [3.8, 4) is 0 Å². The van der Waals surface area contributed by atoms with Crippen molar-refractivity contribution in [1.82, 2.24) is 14.3 Å². The third kappa shape index (κ3) is 2.11. The minimum absolute atomic E-state index is 0.153. The smallest absolute Gasteiger partial charge is 0.306 e. The average Bonchev–Trinajstić information content (AvgIpc) is 3.01. The third-order valence-electron chi connectivity index (χ3n) is 5.04. The Kier molecular flexibility index (Phi) is 3.16. The van der Waals surface area contributed by atoms with E-state index in [9.17, 15) is 13.2 Å². The fourth-order valence-electron chi connectivity index (χ4n) is 3.67. The summed E-state index contributed by atoms with van der Waals surface area (Å²) in [6, 6.07) is 4.94. The fraction of sp³-hybridized carbons (Fsp3) is 0.533. The largest absolute Gasteiger partial charge is 0.323 e. The Morgan fingerprint density at radius 3 is 2.55 bits per heavy atom. The number of aromatic nitrogens is 2. The molecule has 0 bridgehead atoms. The molecule has 1 aliphatic carbocycles. The van der Waals surface area contributed by atoms with Crippen molar-refractivity contribution in [3.63, 3.8) is 0 Å². The molecule has 2 aliphatic rings. The summed E-state index contributed by atoms with van der Waals surface area (Å²) in [5.41, 5.74) is 0.837. The predicted octanol–water partition coefficient (Wildman–Crippen LogP) is 1.81. The Bertz CT molecular complexity index is 864. The Labute approximate surface area is 128 Å². The highest BCUT2D eigenvalue weighted by atomic mass is 32.2. The fourth-order valence-corrected chi connectivity index (χ4v) is 5.45. The summed E-state index contributed by atoms with van der Waals surface area (Å²) in [6.07, 6.45) is 5.39. The second-order valence-electron chi connectivity index (χ2n) is 6.30. The number of hydrogen-bond donors (Lipinski definition) is 2. The minimum Gasteiger partial charge on any atom is -0.306 e. The number of fused-ring (bicyclic) bond motifs is 1. The second kappa shape index (κ2) is 4.96. The number of H-pyrrole nitrogens is 2. The van der Waals surface area contributed by atoms with E-state index in [-0.39, 0.29) is 16.6 Å². The molecule has 2 N–H and O–H groups in total. The van der Waals surface area contributed by atoms with Crippen LogP contribution < -0.4 is 5.69 Å². The molecule has 1 aliphatic heterocycles. The van der Waals surface area contributed by atoms with E-state index in [1.54, 1.807) is 22.5 Å². The van der Waals surface area contributed by atoms with Crippen molar-refractivity contribution in [1.29, 1.82) is 0 Å². The topological polar surface area (TPSA) is 86.0 Å². The molecule has 1 atom stereocenters. The summed E-state index contributed by atoms with van der Waals surface area (Å²) in [5.74, 6) is 0.521. The van der Waals surface area contributed by atoms with Gasteiger partial charge in [0, 0.05) is 12.6 Å². The summed E-state index contributed by atoms with van der Waals surface area (Å²) in [4.78, 5) is 16.8. The first-order chi connectivity index (χ1) is 10.6. The molecule has 118 valence electrons. The van der Waals surface area contributed by atoms with Crippen molar-refractivity contribution in [2.24, 2.45) is 5.92 Å². The number of benzene rings is 1. The molecule has 0 amide bonds. The highest BCUT2D eigenvalue weighted by Gasteiger charge is 2.41. The van der Waals surface area contributed by atoms with Crippen molar-refractivity contribution in [3.05, 3.63) is 28.7 Å². The molecule has 4 rings (SSSR count). The van der Waals surface area contributed by atoms with Crippen molar-refractivity contribution in [2.75, 3.05) is 6.54 Å². The molecule has 0 spiro atoms. The van der Waals surface area contributed by atoms with Crippen LogP contribution in [0.15, 0.2) is 27.9 Å². The van der Waals surface area contributed by atoms with Crippen LogP contribution in [0.1, 0.15) is 32.1 Å². The summed E-state index contributed by atoms with van der Waals surface area (Å²) in [7, 11) is -3.49. The zero-order valence-corrected chi connectivity index (χ0v) is 13.0. The van der Waals surface area contributed by atoms with Crippen LogP contribution in [0.25, 0.3) is 11.0 Å². The third-order valence-corrected chi connectivity index (χ3v) is 6.96. The van der Waals surface area contributed by atoms with Gasteiger partial charge in [-0.15, -0.1) is 0 Å².